The first-order chi connectivity index (χ1) is 15.6. The molecule has 7 heteroatoms. The van der Waals surface area contributed by atoms with Gasteiger partial charge in [-0.15, -0.1) is 13.2 Å². The molecule has 0 saturated heterocycles. The number of benzene rings is 1. The lowest BCUT2D eigenvalue weighted by molar-refractivity contribution is -0.0980. The summed E-state index contributed by atoms with van der Waals surface area (Å²) >= 11 is 0. The van der Waals surface area contributed by atoms with Gasteiger partial charge in [0, 0.05) is 20.0 Å². The Morgan fingerprint density at radius 2 is 1.73 bits per heavy atom. The second-order valence-electron chi connectivity index (χ2n) is 7.57. The minimum atomic E-state index is -1.15. The van der Waals surface area contributed by atoms with E-state index in [4.69, 9.17) is 14.4 Å². The molecule has 1 atom stereocenters. The van der Waals surface area contributed by atoms with Gasteiger partial charge in [0.2, 0.25) is 0 Å². The summed E-state index contributed by atoms with van der Waals surface area (Å²) in [5.41, 5.74) is 4.08. The largest absolute Gasteiger partial charge is 0.484 e. The van der Waals surface area contributed by atoms with E-state index in [1.54, 1.807) is 7.05 Å². The maximum absolute atomic E-state index is 12.9. The fourth-order valence-electron chi connectivity index (χ4n) is 2.43. The van der Waals surface area contributed by atoms with Gasteiger partial charge in [0.05, 0.1) is 0 Å². The molecule has 2 rings (SSSR count). The molecule has 186 valence electrons. The third-order valence-corrected chi connectivity index (χ3v) is 4.60. The molecule has 0 saturated carbocycles. The van der Waals surface area contributed by atoms with Crippen LogP contribution in [0.5, 0.6) is 11.5 Å². The van der Waals surface area contributed by atoms with E-state index in [0.29, 0.717) is 13.0 Å². The molecular formula is C26H40F2N2O3. The van der Waals surface area contributed by atoms with E-state index in [1.165, 1.54) is 6.08 Å². The first kappa shape index (κ1) is 32.4. The summed E-state index contributed by atoms with van der Waals surface area (Å²) in [7, 11) is 3.65. The Morgan fingerprint density at radius 1 is 1.21 bits per heavy atom. The topological polar surface area (TPSA) is 50.8 Å². The van der Waals surface area contributed by atoms with Gasteiger partial charge in [-0.1, -0.05) is 19.1 Å². The van der Waals surface area contributed by atoms with Crippen LogP contribution < -0.4 is 15.1 Å². The molecule has 0 aliphatic heterocycles. The van der Waals surface area contributed by atoms with Gasteiger partial charge in [0.1, 0.15) is 35.9 Å². The van der Waals surface area contributed by atoms with Crippen LogP contribution in [-0.2, 0) is 4.79 Å². The van der Waals surface area contributed by atoms with Crippen LogP contribution in [-0.4, -0.2) is 50.6 Å². The highest BCUT2D eigenvalue weighted by Crippen LogP contribution is 2.25. The number of carbonyl (C=O) groups is 1. The average Bonchev–Trinajstić information content (AvgIpc) is 2.77. The third kappa shape index (κ3) is 14.1. The number of ether oxygens (including phenoxy) is 1. The van der Waals surface area contributed by atoms with Crippen LogP contribution in [0.1, 0.15) is 34.1 Å². The average molecular weight is 467 g/mol. The van der Waals surface area contributed by atoms with Crippen molar-refractivity contribution in [1.82, 2.24) is 10.4 Å². The van der Waals surface area contributed by atoms with Crippen LogP contribution in [0.25, 0.3) is 0 Å². The highest BCUT2D eigenvalue weighted by Gasteiger charge is 2.20. The van der Waals surface area contributed by atoms with E-state index >= 15 is 0 Å². The molecule has 1 aromatic carbocycles. The molecule has 0 radical (unpaired) electrons. The zero-order valence-electron chi connectivity index (χ0n) is 20.9. The SMILES string of the molecule is C=C.C=C(C)C(C)(C)Oc1ccc(ONC)cc1.C=O.CCN(C)CC1=CC(F)=CC(F)C1. The van der Waals surface area contributed by atoms with E-state index < -0.39 is 12.0 Å². The van der Waals surface area contributed by atoms with Gasteiger partial charge in [0.25, 0.3) is 0 Å². The summed E-state index contributed by atoms with van der Waals surface area (Å²) in [6.07, 6.45) is 1.64. The predicted octanol–water partition coefficient (Wildman–Crippen LogP) is 6.01. The molecule has 1 unspecified atom stereocenters. The number of alkyl halides is 1. The maximum Gasteiger partial charge on any atom is 0.147 e. The molecule has 0 amide bonds. The van der Waals surface area contributed by atoms with Crippen molar-refractivity contribution in [2.24, 2.45) is 0 Å². The number of hydrogen-bond donors (Lipinski definition) is 1. The maximum atomic E-state index is 12.9. The smallest absolute Gasteiger partial charge is 0.147 e. The van der Waals surface area contributed by atoms with Crippen molar-refractivity contribution in [3.8, 4) is 11.5 Å². The van der Waals surface area contributed by atoms with Crippen molar-refractivity contribution in [1.29, 1.82) is 0 Å². The molecule has 1 aromatic rings. The van der Waals surface area contributed by atoms with Crippen LogP contribution in [0.4, 0.5) is 8.78 Å². The van der Waals surface area contributed by atoms with Crippen molar-refractivity contribution >= 4 is 6.79 Å². The molecule has 1 aliphatic carbocycles. The lowest BCUT2D eigenvalue weighted by atomic mass is 10.0. The van der Waals surface area contributed by atoms with Gasteiger partial charge >= 0.3 is 0 Å². The molecule has 0 bridgehead atoms. The summed E-state index contributed by atoms with van der Waals surface area (Å²) in [4.78, 5) is 15.1. The monoisotopic (exact) mass is 466 g/mol. The number of allylic oxidation sites excluding steroid dienone is 3. The number of carbonyl (C=O) groups excluding carboxylic acids is 1. The third-order valence-electron chi connectivity index (χ3n) is 4.60. The minimum absolute atomic E-state index is 0.331. The Balaban J connectivity index is 0. The van der Waals surface area contributed by atoms with E-state index in [9.17, 15) is 8.78 Å². The van der Waals surface area contributed by atoms with Crippen molar-refractivity contribution in [2.75, 3.05) is 27.2 Å². The second-order valence-corrected chi connectivity index (χ2v) is 7.57. The summed E-state index contributed by atoms with van der Waals surface area (Å²) < 4.78 is 31.4. The first-order valence-corrected chi connectivity index (χ1v) is 10.5. The molecular weight excluding hydrogens is 426 g/mol. The van der Waals surface area contributed by atoms with E-state index in [-0.39, 0.29) is 5.60 Å². The fourth-order valence-corrected chi connectivity index (χ4v) is 2.43. The predicted molar refractivity (Wildman–Crippen MR) is 134 cm³/mol. The normalized spacial score (nSPS) is 14.6. The molecule has 1 N–H and O–H groups in total. The zero-order chi connectivity index (χ0) is 26.0. The van der Waals surface area contributed by atoms with E-state index in [0.717, 1.165) is 35.3 Å². The van der Waals surface area contributed by atoms with Crippen molar-refractivity contribution in [2.45, 2.75) is 45.9 Å². The van der Waals surface area contributed by atoms with Crippen molar-refractivity contribution in [3.05, 3.63) is 73.1 Å². The molecule has 0 fully saturated rings. The summed E-state index contributed by atoms with van der Waals surface area (Å²) in [5.74, 6) is 1.11. The lowest BCUT2D eigenvalue weighted by Crippen LogP contribution is -2.28. The van der Waals surface area contributed by atoms with Crippen LogP contribution in [0.2, 0.25) is 0 Å². The molecule has 5 nitrogen and oxygen atoms in total. The van der Waals surface area contributed by atoms with E-state index in [2.05, 4.69) is 25.2 Å². The number of rotatable bonds is 8. The van der Waals surface area contributed by atoms with Crippen molar-refractivity contribution in [3.63, 3.8) is 0 Å². The Bertz CT molecular complexity index is 744. The van der Waals surface area contributed by atoms with Gasteiger partial charge in [-0.3, -0.25) is 0 Å². The lowest BCUT2D eigenvalue weighted by Gasteiger charge is -2.26. The first-order valence-electron chi connectivity index (χ1n) is 10.5. The van der Waals surface area contributed by atoms with Crippen LogP contribution >= 0.6 is 0 Å². The summed E-state index contributed by atoms with van der Waals surface area (Å²) in [6.45, 7) is 21.4. The van der Waals surface area contributed by atoms with Crippen LogP contribution in [0, 0.1) is 0 Å². The van der Waals surface area contributed by atoms with Gasteiger partial charge < -0.3 is 19.3 Å². The standard InChI is InChI=1S/C13H19NO2.C10H15F2N.C2H4.CH2O/c1-10(2)13(3,4)15-11-6-8-12(9-7-11)16-14-5;1-3-13(2)7-8-4-9(11)6-10(12)5-8;2*1-2/h6-9,14H,1H2,2-5H3;4,6,10H,3,5,7H2,1-2H3;1-2H2;1H2. The molecule has 0 heterocycles. The molecule has 33 heavy (non-hydrogen) atoms. The van der Waals surface area contributed by atoms with E-state index in [1.807, 2.05) is 70.7 Å². The number of nitrogens with one attached hydrogen (secondary N) is 1. The summed E-state index contributed by atoms with van der Waals surface area (Å²) in [5, 5.41) is 0. The number of hydrogen-bond acceptors (Lipinski definition) is 5. The fraction of sp³-hybridized carbons (Fsp3) is 0.423. The van der Waals surface area contributed by atoms with Gasteiger partial charge in [0.15, 0.2) is 0 Å². The Morgan fingerprint density at radius 3 is 2.15 bits per heavy atom. The number of halogens is 2. The Kier molecular flexibility index (Phi) is 17.4. The molecule has 0 aromatic heterocycles. The molecule has 1 aliphatic rings. The summed E-state index contributed by atoms with van der Waals surface area (Å²) in [6, 6.07) is 7.44. The van der Waals surface area contributed by atoms with Gasteiger partial charge in [-0.2, -0.15) is 5.48 Å². The van der Waals surface area contributed by atoms with Crippen molar-refractivity contribution < 1.29 is 23.1 Å². The zero-order valence-corrected chi connectivity index (χ0v) is 20.9. The number of likely N-dealkylation sites (N-methyl/N-ethyl adjacent to an activating group) is 1. The Labute approximate surface area is 198 Å². The number of nitrogens with zero attached hydrogens (tertiary/aromatic N) is 1. The number of hydroxylamine groups is 1. The minimum Gasteiger partial charge on any atom is -0.484 e. The second kappa shape index (κ2) is 17.7. The quantitative estimate of drug-likeness (QED) is 0.376. The van der Waals surface area contributed by atoms with Gasteiger partial charge in [-0.05, 0) is 76.4 Å². The van der Waals surface area contributed by atoms with Crippen LogP contribution in [0.3, 0.4) is 0 Å². The highest BCUT2D eigenvalue weighted by molar-refractivity contribution is 5.32. The Hall–Kier alpha value is -2.77. The van der Waals surface area contributed by atoms with Gasteiger partial charge in [-0.25, -0.2) is 8.78 Å². The van der Waals surface area contributed by atoms with Crippen LogP contribution in [0.15, 0.2) is 73.1 Å². The highest BCUT2D eigenvalue weighted by atomic mass is 19.1. The molecule has 0 spiro atoms.